The van der Waals surface area contributed by atoms with Crippen LogP contribution in [0.3, 0.4) is 0 Å². The first-order valence-corrected chi connectivity index (χ1v) is 9.53. The minimum atomic E-state index is -2.98. The average Bonchev–Trinajstić information content (AvgIpc) is 2.79. The molecule has 0 aliphatic carbocycles. The van der Waals surface area contributed by atoms with Gasteiger partial charge in [-0.3, -0.25) is 9.69 Å². The molecule has 2 rings (SSSR count). The summed E-state index contributed by atoms with van der Waals surface area (Å²) in [6, 6.07) is 0. The predicted octanol–water partition coefficient (Wildman–Crippen LogP) is -0.00970. The molecule has 21 heavy (non-hydrogen) atoms. The lowest BCUT2D eigenvalue weighted by atomic mass is 10.1. The van der Waals surface area contributed by atoms with Crippen LogP contribution in [0.4, 0.5) is 0 Å². The molecule has 0 aromatic rings. The predicted molar refractivity (Wildman–Crippen MR) is 80.9 cm³/mol. The first-order chi connectivity index (χ1) is 9.87. The fraction of sp³-hybridized carbons (Fsp3) is 0.929. The minimum absolute atomic E-state index is 0.0224. The maximum atomic E-state index is 12.3. The molecule has 1 amide bonds. The van der Waals surface area contributed by atoms with Gasteiger partial charge in [-0.15, -0.1) is 0 Å². The Kier molecular flexibility index (Phi) is 5.62. The summed E-state index contributed by atoms with van der Waals surface area (Å²) < 4.78 is 28.5. The number of rotatable bonds is 5. The average molecular weight is 318 g/mol. The molecule has 2 aliphatic rings. The Hall–Kier alpha value is -0.660. The molecule has 0 saturated carbocycles. The third-order valence-electron chi connectivity index (χ3n) is 4.12. The second-order valence-corrected chi connectivity index (χ2v) is 8.42. The number of piperazine rings is 1. The second-order valence-electron chi connectivity index (χ2n) is 6.19. The molecule has 7 heteroatoms. The van der Waals surface area contributed by atoms with Crippen LogP contribution in [0.5, 0.6) is 0 Å². The summed E-state index contributed by atoms with van der Waals surface area (Å²) in [5.74, 6) is -0.0931. The zero-order chi connectivity index (χ0) is 15.5. The van der Waals surface area contributed by atoms with E-state index in [-0.39, 0.29) is 29.4 Å². The number of hydrogen-bond donors (Lipinski definition) is 0. The smallest absolute Gasteiger partial charge is 0.226 e. The monoisotopic (exact) mass is 318 g/mol. The van der Waals surface area contributed by atoms with Crippen molar-refractivity contribution in [2.24, 2.45) is 5.92 Å². The SMILES string of the molecule is CC(C)OCCN1CCN(C(=O)[C@H]2CCS(=O)(=O)C2)CC1. The van der Waals surface area contributed by atoms with Gasteiger partial charge in [0.05, 0.1) is 30.1 Å². The van der Waals surface area contributed by atoms with Crippen LogP contribution >= 0.6 is 0 Å². The lowest BCUT2D eigenvalue weighted by Gasteiger charge is -2.35. The molecular formula is C14H26N2O4S. The second kappa shape index (κ2) is 7.07. The molecule has 0 aromatic heterocycles. The van der Waals surface area contributed by atoms with Gasteiger partial charge < -0.3 is 9.64 Å². The molecule has 122 valence electrons. The molecule has 2 saturated heterocycles. The van der Waals surface area contributed by atoms with Crippen molar-refractivity contribution in [1.29, 1.82) is 0 Å². The van der Waals surface area contributed by atoms with Crippen molar-refractivity contribution in [2.75, 3.05) is 50.8 Å². The van der Waals surface area contributed by atoms with E-state index < -0.39 is 9.84 Å². The summed E-state index contributed by atoms with van der Waals surface area (Å²) in [6.45, 7) is 8.70. The van der Waals surface area contributed by atoms with E-state index in [2.05, 4.69) is 4.90 Å². The number of nitrogens with zero attached hydrogens (tertiary/aromatic N) is 2. The fourth-order valence-corrected chi connectivity index (χ4v) is 4.59. The van der Waals surface area contributed by atoms with Crippen LogP contribution in [0.2, 0.25) is 0 Å². The number of ether oxygens (including phenoxy) is 1. The highest BCUT2D eigenvalue weighted by molar-refractivity contribution is 7.91. The van der Waals surface area contributed by atoms with Gasteiger partial charge in [0.15, 0.2) is 9.84 Å². The van der Waals surface area contributed by atoms with E-state index >= 15 is 0 Å². The maximum absolute atomic E-state index is 12.3. The molecule has 2 heterocycles. The van der Waals surface area contributed by atoms with Crippen molar-refractivity contribution in [3.63, 3.8) is 0 Å². The van der Waals surface area contributed by atoms with E-state index in [1.807, 2.05) is 18.7 Å². The van der Waals surface area contributed by atoms with Gasteiger partial charge in [-0.2, -0.15) is 0 Å². The number of amides is 1. The number of sulfone groups is 1. The Labute approximate surface area is 127 Å². The topological polar surface area (TPSA) is 66.9 Å². The van der Waals surface area contributed by atoms with Crippen LogP contribution < -0.4 is 0 Å². The summed E-state index contributed by atoms with van der Waals surface area (Å²) in [4.78, 5) is 16.4. The summed E-state index contributed by atoms with van der Waals surface area (Å²) in [6.07, 6.45) is 0.737. The number of hydrogen-bond acceptors (Lipinski definition) is 5. The molecule has 0 radical (unpaired) electrons. The van der Waals surface area contributed by atoms with Crippen LogP contribution in [0.15, 0.2) is 0 Å². The summed E-state index contributed by atoms with van der Waals surface area (Å²) in [5.41, 5.74) is 0. The first-order valence-electron chi connectivity index (χ1n) is 7.70. The Morgan fingerprint density at radius 1 is 1.24 bits per heavy atom. The maximum Gasteiger partial charge on any atom is 0.226 e. The zero-order valence-electron chi connectivity index (χ0n) is 13.0. The quantitative estimate of drug-likeness (QED) is 0.713. The van der Waals surface area contributed by atoms with Crippen molar-refractivity contribution >= 4 is 15.7 Å². The first kappa shape index (κ1) is 16.7. The van der Waals surface area contributed by atoms with Crippen LogP contribution in [0.25, 0.3) is 0 Å². The van der Waals surface area contributed by atoms with Crippen molar-refractivity contribution in [1.82, 2.24) is 9.80 Å². The Morgan fingerprint density at radius 3 is 2.43 bits per heavy atom. The van der Waals surface area contributed by atoms with Gasteiger partial charge in [0.1, 0.15) is 0 Å². The van der Waals surface area contributed by atoms with Gasteiger partial charge in [-0.05, 0) is 20.3 Å². The van der Waals surface area contributed by atoms with Gasteiger partial charge in [0, 0.05) is 32.7 Å². The standard InChI is InChI=1S/C14H26N2O4S/c1-12(2)20-9-8-15-4-6-16(7-5-15)14(17)13-3-10-21(18,19)11-13/h12-13H,3-11H2,1-2H3/t13-/m0/s1. The zero-order valence-corrected chi connectivity index (χ0v) is 13.8. The van der Waals surface area contributed by atoms with Crippen LogP contribution in [-0.2, 0) is 19.4 Å². The molecule has 6 nitrogen and oxygen atoms in total. The van der Waals surface area contributed by atoms with E-state index in [1.165, 1.54) is 0 Å². The van der Waals surface area contributed by atoms with Crippen molar-refractivity contribution in [3.05, 3.63) is 0 Å². The minimum Gasteiger partial charge on any atom is -0.377 e. The van der Waals surface area contributed by atoms with Crippen molar-refractivity contribution < 1.29 is 17.9 Å². The Balaban J connectivity index is 1.72. The Morgan fingerprint density at radius 2 is 1.90 bits per heavy atom. The molecule has 2 fully saturated rings. The highest BCUT2D eigenvalue weighted by Gasteiger charge is 2.36. The Bertz CT molecular complexity index is 456. The van der Waals surface area contributed by atoms with E-state index in [9.17, 15) is 13.2 Å². The van der Waals surface area contributed by atoms with E-state index in [4.69, 9.17) is 4.74 Å². The molecule has 1 atom stereocenters. The fourth-order valence-electron chi connectivity index (χ4n) is 2.86. The normalized spacial score (nSPS) is 26.4. The summed E-state index contributed by atoms with van der Waals surface area (Å²) in [7, 11) is -2.98. The van der Waals surface area contributed by atoms with Gasteiger partial charge >= 0.3 is 0 Å². The number of carbonyl (C=O) groups is 1. The molecule has 0 spiro atoms. The molecule has 0 bridgehead atoms. The molecular weight excluding hydrogens is 292 g/mol. The van der Waals surface area contributed by atoms with Gasteiger partial charge in [0.2, 0.25) is 5.91 Å². The molecule has 2 aliphatic heterocycles. The van der Waals surface area contributed by atoms with Crippen molar-refractivity contribution in [3.8, 4) is 0 Å². The lowest BCUT2D eigenvalue weighted by molar-refractivity contribution is -0.136. The van der Waals surface area contributed by atoms with Crippen LogP contribution in [0.1, 0.15) is 20.3 Å². The highest BCUT2D eigenvalue weighted by atomic mass is 32.2. The number of carbonyl (C=O) groups excluding carboxylic acids is 1. The van der Waals surface area contributed by atoms with E-state index in [1.54, 1.807) is 0 Å². The third-order valence-corrected chi connectivity index (χ3v) is 5.89. The van der Waals surface area contributed by atoms with Gasteiger partial charge in [-0.1, -0.05) is 0 Å². The molecule has 0 unspecified atom stereocenters. The summed E-state index contributed by atoms with van der Waals surface area (Å²) in [5, 5.41) is 0. The third kappa shape index (κ3) is 4.93. The van der Waals surface area contributed by atoms with Gasteiger partial charge in [0.25, 0.3) is 0 Å². The highest BCUT2D eigenvalue weighted by Crippen LogP contribution is 2.21. The molecule has 0 N–H and O–H groups in total. The van der Waals surface area contributed by atoms with Crippen LogP contribution in [0, 0.1) is 5.92 Å². The lowest BCUT2D eigenvalue weighted by Crippen LogP contribution is -2.51. The largest absolute Gasteiger partial charge is 0.377 e. The van der Waals surface area contributed by atoms with Crippen LogP contribution in [-0.4, -0.2) is 81.1 Å². The van der Waals surface area contributed by atoms with E-state index in [0.29, 0.717) is 26.1 Å². The molecule has 0 aromatic carbocycles. The van der Waals surface area contributed by atoms with Crippen molar-refractivity contribution in [2.45, 2.75) is 26.4 Å². The summed E-state index contributed by atoms with van der Waals surface area (Å²) >= 11 is 0. The van der Waals surface area contributed by atoms with Gasteiger partial charge in [-0.25, -0.2) is 8.42 Å². The van der Waals surface area contributed by atoms with E-state index in [0.717, 1.165) is 19.6 Å².